The van der Waals surface area contributed by atoms with E-state index in [2.05, 4.69) is 10.6 Å². The summed E-state index contributed by atoms with van der Waals surface area (Å²) in [6, 6.07) is 0. The van der Waals surface area contributed by atoms with Gasteiger partial charge in [0.15, 0.2) is 0 Å². The molecule has 2 saturated heterocycles. The second-order valence-electron chi connectivity index (χ2n) is 7.60. The summed E-state index contributed by atoms with van der Waals surface area (Å²) in [5.41, 5.74) is 0. The highest BCUT2D eigenvalue weighted by Crippen LogP contribution is 2.24. The van der Waals surface area contributed by atoms with Gasteiger partial charge in [-0.2, -0.15) is 0 Å². The van der Waals surface area contributed by atoms with Crippen molar-refractivity contribution in [3.8, 4) is 0 Å². The topological polar surface area (TPSA) is 85.9 Å². The Labute approximate surface area is 162 Å². The van der Waals surface area contributed by atoms with Crippen LogP contribution in [-0.4, -0.2) is 50.2 Å². The number of hydrogen-bond acceptors (Lipinski definition) is 5. The van der Waals surface area contributed by atoms with Crippen LogP contribution in [0.3, 0.4) is 0 Å². The molecule has 27 heavy (non-hydrogen) atoms. The molecule has 2 unspecified atom stereocenters. The summed E-state index contributed by atoms with van der Waals surface area (Å²) in [5.74, 6) is -0.816. The normalized spacial score (nSPS) is 31.2. The lowest BCUT2D eigenvalue weighted by molar-refractivity contribution is -0.324. The summed E-state index contributed by atoms with van der Waals surface area (Å²) in [6.07, 6.45) is 10.0. The fourth-order valence-corrected chi connectivity index (χ4v) is 3.36. The first-order chi connectivity index (χ1) is 13.1. The summed E-state index contributed by atoms with van der Waals surface area (Å²) in [5, 5.41) is 5.91. The first kappa shape index (κ1) is 22.1. The Hall–Kier alpha value is -1.18. The first-order valence-corrected chi connectivity index (χ1v) is 10.6. The molecule has 156 valence electrons. The van der Waals surface area contributed by atoms with Crippen LogP contribution in [0.4, 0.5) is 0 Å². The van der Waals surface area contributed by atoms with Crippen LogP contribution in [0.1, 0.15) is 77.6 Å². The van der Waals surface area contributed by atoms with Crippen LogP contribution < -0.4 is 10.6 Å². The van der Waals surface area contributed by atoms with Crippen LogP contribution in [0.15, 0.2) is 0 Å². The minimum Gasteiger partial charge on any atom is -0.356 e. The van der Waals surface area contributed by atoms with E-state index in [0.29, 0.717) is 32.6 Å². The van der Waals surface area contributed by atoms with Gasteiger partial charge in [-0.15, -0.1) is 0 Å². The lowest BCUT2D eigenvalue weighted by atomic mass is 10.1. The zero-order valence-corrected chi connectivity index (χ0v) is 16.7. The number of rotatable bonds is 0. The molecule has 2 aliphatic rings. The van der Waals surface area contributed by atoms with Crippen LogP contribution in [0.5, 0.6) is 0 Å². The van der Waals surface area contributed by atoms with Crippen molar-refractivity contribution >= 4 is 11.8 Å². The second kappa shape index (κ2) is 12.3. The summed E-state index contributed by atoms with van der Waals surface area (Å²) in [4.78, 5) is 23.7. The van der Waals surface area contributed by atoms with Crippen LogP contribution in [0.2, 0.25) is 0 Å². The van der Waals surface area contributed by atoms with Crippen molar-refractivity contribution in [2.75, 3.05) is 26.3 Å². The highest BCUT2D eigenvalue weighted by atomic mass is 16.9. The Morgan fingerprint density at radius 1 is 0.815 bits per heavy atom. The monoisotopic (exact) mass is 384 g/mol. The van der Waals surface area contributed by atoms with Crippen LogP contribution in [0, 0.1) is 0 Å². The third-order valence-corrected chi connectivity index (χ3v) is 5.00. The molecule has 0 spiro atoms. The molecule has 0 aromatic rings. The van der Waals surface area contributed by atoms with Gasteiger partial charge in [0.05, 0.1) is 13.2 Å². The van der Waals surface area contributed by atoms with E-state index in [9.17, 15) is 9.59 Å². The summed E-state index contributed by atoms with van der Waals surface area (Å²) in [6.45, 7) is 3.92. The van der Waals surface area contributed by atoms with Crippen molar-refractivity contribution in [1.29, 1.82) is 0 Å². The predicted octanol–water partition coefficient (Wildman–Crippen LogP) is 2.63. The Balaban J connectivity index is 1.73. The number of fused-ring (bicyclic) bond motifs is 2. The standard InChI is InChI=1S/C20H36N2O5/c1-20-25-14-10-6-9-13-21-18(23)11-7-4-2-3-5-8-12-19(24)22-15-17(27-20)16-26-20/h17H,2-16H2,1H3,(H,21,23)(H,22,24). The SMILES string of the molecule is CC12OCCCCCNC(=O)CCCCCCCCC(=O)NCC(CO1)O2. The van der Waals surface area contributed by atoms with Crippen molar-refractivity contribution < 1.29 is 23.8 Å². The van der Waals surface area contributed by atoms with Gasteiger partial charge in [0.1, 0.15) is 6.10 Å². The van der Waals surface area contributed by atoms with E-state index in [0.717, 1.165) is 64.3 Å². The average Bonchev–Trinajstić information content (AvgIpc) is 3.02. The Kier molecular flexibility index (Phi) is 10.1. The Morgan fingerprint density at radius 3 is 2.19 bits per heavy atom. The van der Waals surface area contributed by atoms with Gasteiger partial charge >= 0.3 is 0 Å². The zero-order chi connectivity index (χ0) is 19.4. The van der Waals surface area contributed by atoms with Crippen LogP contribution in [0.25, 0.3) is 0 Å². The fraction of sp³-hybridized carbons (Fsp3) is 0.900. The zero-order valence-electron chi connectivity index (χ0n) is 16.7. The average molecular weight is 385 g/mol. The largest absolute Gasteiger partial charge is 0.356 e. The number of hydrogen-bond donors (Lipinski definition) is 2. The highest BCUT2D eigenvalue weighted by molar-refractivity contribution is 5.76. The third-order valence-electron chi connectivity index (χ3n) is 5.00. The van der Waals surface area contributed by atoms with Gasteiger partial charge in [0, 0.05) is 32.9 Å². The quantitative estimate of drug-likeness (QED) is 0.671. The summed E-state index contributed by atoms with van der Waals surface area (Å²) in [7, 11) is 0. The Morgan fingerprint density at radius 2 is 1.44 bits per heavy atom. The maximum atomic E-state index is 11.9. The first-order valence-electron chi connectivity index (χ1n) is 10.6. The van der Waals surface area contributed by atoms with Gasteiger partial charge in [-0.05, 0) is 32.1 Å². The molecule has 2 atom stereocenters. The molecule has 0 aromatic carbocycles. The number of nitrogens with one attached hydrogen (secondary N) is 2. The number of carbonyl (C=O) groups excluding carboxylic acids is 2. The van der Waals surface area contributed by atoms with E-state index in [-0.39, 0.29) is 17.9 Å². The summed E-state index contributed by atoms with van der Waals surface area (Å²) >= 11 is 0. The minimum absolute atomic E-state index is 0.0620. The van der Waals surface area contributed by atoms with Crippen LogP contribution >= 0.6 is 0 Å². The van der Waals surface area contributed by atoms with E-state index in [1.807, 2.05) is 0 Å². The number of ether oxygens (including phenoxy) is 3. The maximum Gasteiger partial charge on any atom is 0.280 e. The van der Waals surface area contributed by atoms with Gasteiger partial charge in [-0.25, -0.2) is 0 Å². The lowest BCUT2D eigenvalue weighted by Gasteiger charge is -2.23. The highest BCUT2D eigenvalue weighted by Gasteiger charge is 2.38. The predicted molar refractivity (Wildman–Crippen MR) is 102 cm³/mol. The maximum absolute atomic E-state index is 11.9. The molecule has 0 saturated carbocycles. The van der Waals surface area contributed by atoms with Gasteiger partial charge in [-0.1, -0.05) is 25.7 Å². The van der Waals surface area contributed by atoms with Crippen molar-refractivity contribution in [3.63, 3.8) is 0 Å². The molecular weight excluding hydrogens is 348 g/mol. The van der Waals surface area contributed by atoms with Crippen molar-refractivity contribution in [1.82, 2.24) is 10.6 Å². The van der Waals surface area contributed by atoms with Crippen LogP contribution in [-0.2, 0) is 23.8 Å². The molecule has 2 amide bonds. The molecule has 2 rings (SSSR count). The lowest BCUT2D eigenvalue weighted by Crippen LogP contribution is -2.36. The van der Waals surface area contributed by atoms with Crippen molar-refractivity contribution in [2.45, 2.75) is 89.6 Å². The molecule has 7 nitrogen and oxygen atoms in total. The van der Waals surface area contributed by atoms with Gasteiger partial charge in [0.2, 0.25) is 11.8 Å². The number of amides is 2. The van der Waals surface area contributed by atoms with E-state index in [1.54, 1.807) is 6.92 Å². The van der Waals surface area contributed by atoms with Gasteiger partial charge in [-0.3, -0.25) is 9.59 Å². The molecule has 0 aliphatic carbocycles. The summed E-state index contributed by atoms with van der Waals surface area (Å²) < 4.78 is 17.2. The molecule has 2 heterocycles. The molecular formula is C20H36N2O5. The molecule has 2 aliphatic heterocycles. The van der Waals surface area contributed by atoms with Gasteiger partial charge in [0.25, 0.3) is 5.97 Å². The van der Waals surface area contributed by atoms with Gasteiger partial charge < -0.3 is 24.8 Å². The Bertz CT molecular complexity index is 460. The molecule has 7 heteroatoms. The smallest absolute Gasteiger partial charge is 0.280 e. The molecule has 0 aromatic heterocycles. The number of carbonyl (C=O) groups is 2. The van der Waals surface area contributed by atoms with Crippen molar-refractivity contribution in [3.05, 3.63) is 0 Å². The van der Waals surface area contributed by atoms with E-state index >= 15 is 0 Å². The van der Waals surface area contributed by atoms with E-state index in [4.69, 9.17) is 14.2 Å². The molecule has 2 fully saturated rings. The molecule has 2 N–H and O–H groups in total. The van der Waals surface area contributed by atoms with Crippen molar-refractivity contribution in [2.24, 2.45) is 0 Å². The van der Waals surface area contributed by atoms with E-state index < -0.39 is 5.97 Å². The fourth-order valence-electron chi connectivity index (χ4n) is 3.36. The van der Waals surface area contributed by atoms with E-state index in [1.165, 1.54) is 0 Å². The third kappa shape index (κ3) is 9.53. The second-order valence-corrected chi connectivity index (χ2v) is 7.60. The molecule has 0 radical (unpaired) electrons. The molecule has 2 bridgehead atoms. The minimum atomic E-state index is -1.03.